The molecule has 0 aliphatic carbocycles. The molecule has 1 aromatic rings. The van der Waals surface area contributed by atoms with Gasteiger partial charge >= 0.3 is 0 Å². The van der Waals surface area contributed by atoms with E-state index in [9.17, 15) is 4.79 Å². The molecule has 0 saturated carbocycles. The van der Waals surface area contributed by atoms with E-state index in [4.69, 9.17) is 16.3 Å². The molecule has 1 rings (SSSR count). The molecule has 0 aliphatic heterocycles. The third-order valence-electron chi connectivity index (χ3n) is 2.41. The van der Waals surface area contributed by atoms with Crippen molar-refractivity contribution in [1.29, 1.82) is 0 Å². The van der Waals surface area contributed by atoms with Crippen LogP contribution >= 0.6 is 11.6 Å². The molecule has 106 valence electrons. The Morgan fingerprint density at radius 3 is 2.89 bits per heavy atom. The first-order chi connectivity index (χ1) is 9.17. The highest BCUT2D eigenvalue weighted by Gasteiger charge is 2.08. The van der Waals surface area contributed by atoms with Crippen LogP contribution in [0, 0.1) is 0 Å². The molecule has 0 saturated heterocycles. The largest absolute Gasteiger partial charge is 0.381 e. The Morgan fingerprint density at radius 2 is 2.21 bits per heavy atom. The zero-order valence-electron chi connectivity index (χ0n) is 11.3. The van der Waals surface area contributed by atoms with Gasteiger partial charge in [0.05, 0.1) is 0 Å². The molecule has 5 nitrogen and oxygen atoms in total. The van der Waals surface area contributed by atoms with Gasteiger partial charge in [-0.25, -0.2) is 4.98 Å². The summed E-state index contributed by atoms with van der Waals surface area (Å²) < 4.78 is 5.33. The number of nitrogens with zero attached hydrogens (tertiary/aromatic N) is 1. The van der Waals surface area contributed by atoms with Crippen LogP contribution in [0.5, 0.6) is 0 Å². The van der Waals surface area contributed by atoms with E-state index >= 15 is 0 Å². The Morgan fingerprint density at radius 1 is 1.42 bits per heavy atom. The van der Waals surface area contributed by atoms with Gasteiger partial charge in [0.25, 0.3) is 5.91 Å². The van der Waals surface area contributed by atoms with Crippen LogP contribution in [-0.2, 0) is 4.74 Å². The molecule has 1 amide bonds. The molecular formula is C13H20ClN3O2. The first-order valence-corrected chi connectivity index (χ1v) is 6.76. The average molecular weight is 286 g/mol. The second kappa shape index (κ2) is 8.72. The molecule has 0 radical (unpaired) electrons. The van der Waals surface area contributed by atoms with Gasteiger partial charge in [0.15, 0.2) is 0 Å². The fourth-order valence-electron chi connectivity index (χ4n) is 1.48. The first-order valence-electron chi connectivity index (χ1n) is 6.38. The van der Waals surface area contributed by atoms with Crippen LogP contribution in [0.25, 0.3) is 0 Å². The Hall–Kier alpha value is -1.33. The minimum Gasteiger partial charge on any atom is -0.381 e. The summed E-state index contributed by atoms with van der Waals surface area (Å²) in [5.74, 6) is 0.417. The van der Waals surface area contributed by atoms with Gasteiger partial charge in [0.2, 0.25) is 0 Å². The van der Waals surface area contributed by atoms with Crippen molar-refractivity contribution >= 4 is 23.3 Å². The molecule has 6 heteroatoms. The second-order valence-corrected chi connectivity index (χ2v) is 4.42. The van der Waals surface area contributed by atoms with Crippen molar-refractivity contribution in [2.45, 2.75) is 19.8 Å². The van der Waals surface area contributed by atoms with Crippen molar-refractivity contribution in [2.24, 2.45) is 0 Å². The third-order valence-corrected chi connectivity index (χ3v) is 2.61. The molecule has 1 heterocycles. The maximum absolute atomic E-state index is 11.9. The molecule has 0 aliphatic rings. The number of anilines is 1. The lowest BCUT2D eigenvalue weighted by atomic mass is 10.2. The number of nitrogens with one attached hydrogen (secondary N) is 2. The van der Waals surface area contributed by atoms with Crippen LogP contribution in [0.4, 0.5) is 5.82 Å². The quantitative estimate of drug-likeness (QED) is 0.568. The van der Waals surface area contributed by atoms with E-state index < -0.39 is 0 Å². The van der Waals surface area contributed by atoms with E-state index in [1.54, 1.807) is 19.2 Å². The summed E-state index contributed by atoms with van der Waals surface area (Å²) >= 11 is 5.84. The van der Waals surface area contributed by atoms with Crippen LogP contribution in [0.2, 0.25) is 5.15 Å². The zero-order valence-corrected chi connectivity index (χ0v) is 12.1. The first kappa shape index (κ1) is 15.7. The van der Waals surface area contributed by atoms with Crippen molar-refractivity contribution in [3.8, 4) is 0 Å². The minimum absolute atomic E-state index is 0.156. The van der Waals surface area contributed by atoms with Crippen LogP contribution < -0.4 is 10.6 Å². The standard InChI is InChI=1S/C13H20ClN3O2/c1-3-6-19-7-4-5-16-13(18)10-8-11(14)17-12(9-10)15-2/h8-9H,3-7H2,1-2H3,(H,15,17)(H,16,18). The maximum Gasteiger partial charge on any atom is 0.251 e. The Kier molecular flexibility index (Phi) is 7.22. The third kappa shape index (κ3) is 5.89. The van der Waals surface area contributed by atoms with E-state index in [0.717, 1.165) is 19.4 Å². The van der Waals surface area contributed by atoms with Crippen molar-refractivity contribution in [3.63, 3.8) is 0 Å². The Bertz CT molecular complexity index is 413. The van der Waals surface area contributed by atoms with Crippen LogP contribution in [0.1, 0.15) is 30.1 Å². The molecule has 1 aromatic heterocycles. The Labute approximate surface area is 118 Å². The van der Waals surface area contributed by atoms with Crippen LogP contribution in [0.15, 0.2) is 12.1 Å². The number of aromatic nitrogens is 1. The van der Waals surface area contributed by atoms with Crippen LogP contribution in [-0.4, -0.2) is 37.7 Å². The lowest BCUT2D eigenvalue weighted by molar-refractivity contribution is 0.0941. The zero-order chi connectivity index (χ0) is 14.1. The average Bonchev–Trinajstić information content (AvgIpc) is 2.41. The summed E-state index contributed by atoms with van der Waals surface area (Å²) in [5, 5.41) is 5.97. The molecule has 0 aromatic carbocycles. The predicted octanol–water partition coefficient (Wildman–Crippen LogP) is 2.32. The summed E-state index contributed by atoms with van der Waals surface area (Å²) in [4.78, 5) is 15.9. The lowest BCUT2D eigenvalue weighted by Crippen LogP contribution is -2.25. The summed E-state index contributed by atoms with van der Waals surface area (Å²) in [6.07, 6.45) is 1.80. The smallest absolute Gasteiger partial charge is 0.251 e. The van der Waals surface area contributed by atoms with Crippen LogP contribution in [0.3, 0.4) is 0 Å². The molecule has 0 fully saturated rings. The number of halogens is 1. The molecule has 0 spiro atoms. The van der Waals surface area contributed by atoms with Gasteiger partial charge in [-0.2, -0.15) is 0 Å². The van der Waals surface area contributed by atoms with Gasteiger partial charge in [-0.15, -0.1) is 0 Å². The van der Waals surface area contributed by atoms with Gasteiger partial charge in [-0.3, -0.25) is 4.79 Å². The normalized spacial score (nSPS) is 10.3. The van der Waals surface area contributed by atoms with Gasteiger partial charge in [0.1, 0.15) is 11.0 Å². The van der Waals surface area contributed by atoms with E-state index in [1.807, 2.05) is 0 Å². The molecule has 0 unspecified atom stereocenters. The SMILES string of the molecule is CCCOCCCNC(=O)c1cc(Cl)nc(NC)c1. The summed E-state index contributed by atoms with van der Waals surface area (Å²) in [6, 6.07) is 3.21. The Balaban J connectivity index is 2.39. The van der Waals surface area contributed by atoms with Gasteiger partial charge in [-0.05, 0) is 25.0 Å². The molecule has 19 heavy (non-hydrogen) atoms. The summed E-state index contributed by atoms with van der Waals surface area (Å²) in [6.45, 7) is 4.07. The predicted molar refractivity (Wildman–Crippen MR) is 76.9 cm³/mol. The summed E-state index contributed by atoms with van der Waals surface area (Å²) in [7, 11) is 1.73. The van der Waals surface area contributed by atoms with Gasteiger partial charge in [-0.1, -0.05) is 18.5 Å². The number of amides is 1. The fourth-order valence-corrected chi connectivity index (χ4v) is 1.69. The van der Waals surface area contributed by atoms with Crippen molar-refractivity contribution < 1.29 is 9.53 Å². The number of hydrogen-bond acceptors (Lipinski definition) is 4. The molecule has 2 N–H and O–H groups in total. The van der Waals surface area contributed by atoms with E-state index in [2.05, 4.69) is 22.5 Å². The monoisotopic (exact) mass is 285 g/mol. The highest BCUT2D eigenvalue weighted by atomic mass is 35.5. The second-order valence-electron chi connectivity index (χ2n) is 4.04. The highest BCUT2D eigenvalue weighted by molar-refractivity contribution is 6.29. The molecule has 0 bridgehead atoms. The number of hydrogen-bond donors (Lipinski definition) is 2. The highest BCUT2D eigenvalue weighted by Crippen LogP contribution is 2.13. The lowest BCUT2D eigenvalue weighted by Gasteiger charge is -2.07. The van der Waals surface area contributed by atoms with Crippen molar-refractivity contribution in [1.82, 2.24) is 10.3 Å². The molecule has 0 atom stereocenters. The minimum atomic E-state index is -0.156. The van der Waals surface area contributed by atoms with E-state index in [-0.39, 0.29) is 5.91 Å². The number of pyridine rings is 1. The van der Waals surface area contributed by atoms with Gasteiger partial charge < -0.3 is 15.4 Å². The fraction of sp³-hybridized carbons (Fsp3) is 0.538. The van der Waals surface area contributed by atoms with Gasteiger partial charge in [0, 0.05) is 32.4 Å². The number of ether oxygens (including phenoxy) is 1. The number of rotatable bonds is 8. The van der Waals surface area contributed by atoms with Crippen molar-refractivity contribution in [2.75, 3.05) is 32.1 Å². The maximum atomic E-state index is 11.9. The molecular weight excluding hydrogens is 266 g/mol. The van der Waals surface area contributed by atoms with E-state index in [1.165, 1.54) is 0 Å². The topological polar surface area (TPSA) is 63.2 Å². The number of carbonyl (C=O) groups excluding carboxylic acids is 1. The van der Waals surface area contributed by atoms with Crippen molar-refractivity contribution in [3.05, 3.63) is 22.8 Å². The summed E-state index contributed by atoms with van der Waals surface area (Å²) in [5.41, 5.74) is 0.499. The number of carbonyl (C=O) groups is 1. The van der Waals surface area contributed by atoms with E-state index in [0.29, 0.717) is 29.7 Å².